The first-order chi connectivity index (χ1) is 25.3. The van der Waals surface area contributed by atoms with Crippen molar-refractivity contribution in [3.63, 3.8) is 0 Å². The lowest BCUT2D eigenvalue weighted by atomic mass is 9.78. The fraction of sp³-hybridized carbons (Fsp3) is 0.409. The van der Waals surface area contributed by atoms with Gasteiger partial charge in [0.05, 0.1) is 12.1 Å². The molecule has 2 atom stereocenters. The molecule has 0 fully saturated rings. The molecular formula is C44H50N2O6. The highest BCUT2D eigenvalue weighted by atomic mass is 16.5. The van der Waals surface area contributed by atoms with Crippen molar-refractivity contribution in [3.05, 3.63) is 119 Å². The minimum absolute atomic E-state index is 0.0398. The van der Waals surface area contributed by atoms with Crippen LogP contribution in [-0.2, 0) is 27.7 Å². The van der Waals surface area contributed by atoms with Crippen molar-refractivity contribution in [3.8, 4) is 23.0 Å². The largest absolute Gasteiger partial charge is 0.490 e. The third kappa shape index (κ3) is 7.91. The summed E-state index contributed by atoms with van der Waals surface area (Å²) < 4.78 is 36.6. The molecule has 272 valence electrons. The van der Waals surface area contributed by atoms with Gasteiger partial charge in [0.15, 0.2) is 11.8 Å². The van der Waals surface area contributed by atoms with Crippen molar-refractivity contribution in [2.45, 2.75) is 70.9 Å². The molecule has 8 heteroatoms. The maximum atomic E-state index is 6.30. The normalized spacial score (nSPS) is 21.3. The van der Waals surface area contributed by atoms with Gasteiger partial charge in [-0.2, -0.15) is 0 Å². The third-order valence-electron chi connectivity index (χ3n) is 10.6. The van der Waals surface area contributed by atoms with Gasteiger partial charge in [-0.05, 0) is 96.5 Å². The van der Waals surface area contributed by atoms with Crippen LogP contribution in [0.25, 0.3) is 0 Å². The van der Waals surface area contributed by atoms with Gasteiger partial charge in [0.25, 0.3) is 0 Å². The van der Waals surface area contributed by atoms with Crippen LogP contribution in [0.15, 0.2) is 107 Å². The van der Waals surface area contributed by atoms with Gasteiger partial charge in [-0.3, -0.25) is 0 Å². The lowest BCUT2D eigenvalue weighted by Gasteiger charge is -2.29. The molecule has 0 unspecified atom stereocenters. The van der Waals surface area contributed by atoms with Gasteiger partial charge in [0.1, 0.15) is 68.1 Å². The van der Waals surface area contributed by atoms with E-state index in [1.165, 1.54) is 22.3 Å². The molecular weight excluding hydrogens is 652 g/mol. The fourth-order valence-corrected chi connectivity index (χ4v) is 7.24. The van der Waals surface area contributed by atoms with Crippen LogP contribution in [-0.4, -0.2) is 63.5 Å². The van der Waals surface area contributed by atoms with Gasteiger partial charge in [0.2, 0.25) is 0 Å². The van der Waals surface area contributed by atoms with E-state index >= 15 is 0 Å². The van der Waals surface area contributed by atoms with E-state index in [4.69, 9.17) is 38.4 Å². The molecule has 0 aliphatic carbocycles. The Morgan fingerprint density at radius 2 is 0.808 bits per heavy atom. The average Bonchev–Trinajstić information content (AvgIpc) is 3.85. The molecule has 0 aromatic heterocycles. The second-order valence-electron chi connectivity index (χ2n) is 14.4. The van der Waals surface area contributed by atoms with Gasteiger partial charge in [-0.15, -0.1) is 0 Å². The van der Waals surface area contributed by atoms with Crippen LogP contribution in [0, 0.1) is 5.41 Å². The van der Waals surface area contributed by atoms with E-state index in [0.717, 1.165) is 60.5 Å². The van der Waals surface area contributed by atoms with Gasteiger partial charge in [-0.25, -0.2) is 9.98 Å². The fourth-order valence-electron chi connectivity index (χ4n) is 7.24. The molecule has 0 N–H and O–H groups in total. The minimum atomic E-state index is -0.458. The van der Waals surface area contributed by atoms with E-state index < -0.39 is 5.41 Å². The van der Waals surface area contributed by atoms with E-state index in [1.807, 2.05) is 48.5 Å². The second-order valence-corrected chi connectivity index (χ2v) is 14.4. The Morgan fingerprint density at radius 1 is 0.481 bits per heavy atom. The van der Waals surface area contributed by atoms with Gasteiger partial charge >= 0.3 is 0 Å². The van der Waals surface area contributed by atoms with Crippen molar-refractivity contribution >= 4 is 11.8 Å². The monoisotopic (exact) mass is 702 g/mol. The molecule has 7 aliphatic heterocycles. The zero-order valence-corrected chi connectivity index (χ0v) is 30.8. The van der Waals surface area contributed by atoms with Crippen LogP contribution >= 0.6 is 0 Å². The molecule has 0 amide bonds. The van der Waals surface area contributed by atoms with Crippen molar-refractivity contribution in [1.82, 2.24) is 0 Å². The van der Waals surface area contributed by atoms with E-state index in [1.54, 1.807) is 0 Å². The summed E-state index contributed by atoms with van der Waals surface area (Å²) >= 11 is 0. The Labute approximate surface area is 307 Å². The highest BCUT2D eigenvalue weighted by molar-refractivity contribution is 6.06. The van der Waals surface area contributed by atoms with Crippen molar-refractivity contribution in [1.29, 1.82) is 0 Å². The molecule has 4 aromatic carbocycles. The molecule has 7 heterocycles. The van der Waals surface area contributed by atoms with Crippen LogP contribution in [0.2, 0.25) is 0 Å². The summed E-state index contributed by atoms with van der Waals surface area (Å²) in [6, 6.07) is 33.2. The lowest BCUT2D eigenvalue weighted by Crippen LogP contribution is -2.39. The summed E-state index contributed by atoms with van der Waals surface area (Å²) in [6.07, 6.45) is 3.19. The Bertz CT molecular complexity index is 1700. The maximum Gasteiger partial charge on any atom is 0.199 e. The van der Waals surface area contributed by atoms with Crippen LogP contribution in [0.3, 0.4) is 0 Å². The summed E-state index contributed by atoms with van der Waals surface area (Å²) in [5.41, 5.74) is 4.15. The number of hydrogen-bond donors (Lipinski definition) is 0. The van der Waals surface area contributed by atoms with Crippen LogP contribution in [0.4, 0.5) is 0 Å². The summed E-state index contributed by atoms with van der Waals surface area (Å²) in [4.78, 5) is 10.2. The number of hydrogen-bond acceptors (Lipinski definition) is 8. The molecule has 0 saturated carbocycles. The van der Waals surface area contributed by atoms with Gasteiger partial charge in [0, 0.05) is 5.41 Å². The standard InChI is InChI=1S/C44H50N2O6/c1-5-44(6-2)41-45-35(29-51-41)27-31-7-15-37(16-8-31)47-23-25-49-39-19-11-33(12-20-39)43(3,4)34-13-21-40(22-14-34)50-26-24-48-38-17-9-32(10-18-38)28-36-30-52-42(44)46-36/h7-22,35-36H,5-6,23-30H2,1-4H3/t35-,36-/m0/s1. The SMILES string of the molecule is CCC1(CC)C2=N[C@H](CO2)Cc2ccc(cc2)OCCOc2ccc(cc2)C(C)(C)c2ccc(cc2)OCCOc2ccc(cc2)C[C@H]2COC1=N2. The smallest absolute Gasteiger partial charge is 0.199 e. The van der Waals surface area contributed by atoms with Crippen molar-refractivity contribution in [2.24, 2.45) is 15.4 Å². The maximum absolute atomic E-state index is 6.30. The summed E-state index contributed by atoms with van der Waals surface area (Å²) in [6.45, 7) is 11.7. The summed E-state index contributed by atoms with van der Waals surface area (Å²) in [5.74, 6) is 4.77. The minimum Gasteiger partial charge on any atom is -0.490 e. The molecule has 12 bridgehead atoms. The zero-order valence-electron chi connectivity index (χ0n) is 30.8. The molecule has 0 spiro atoms. The molecule has 4 aromatic rings. The predicted molar refractivity (Wildman–Crippen MR) is 205 cm³/mol. The highest BCUT2D eigenvalue weighted by Crippen LogP contribution is 2.37. The topological polar surface area (TPSA) is 80.1 Å². The molecule has 7 aliphatic rings. The second kappa shape index (κ2) is 15.7. The molecule has 52 heavy (non-hydrogen) atoms. The number of ether oxygens (including phenoxy) is 6. The Balaban J connectivity index is 1.07. The summed E-state index contributed by atoms with van der Waals surface area (Å²) in [7, 11) is 0. The summed E-state index contributed by atoms with van der Waals surface area (Å²) in [5, 5.41) is 0. The average molecular weight is 703 g/mol. The van der Waals surface area contributed by atoms with E-state index in [0.29, 0.717) is 39.6 Å². The van der Waals surface area contributed by atoms with E-state index in [-0.39, 0.29) is 17.5 Å². The van der Waals surface area contributed by atoms with Crippen LogP contribution < -0.4 is 18.9 Å². The Morgan fingerprint density at radius 3 is 1.13 bits per heavy atom. The molecule has 0 radical (unpaired) electrons. The Kier molecular flexibility index (Phi) is 10.7. The number of nitrogens with zero attached hydrogens (tertiary/aromatic N) is 2. The van der Waals surface area contributed by atoms with E-state index in [9.17, 15) is 0 Å². The van der Waals surface area contributed by atoms with Crippen LogP contribution in [0.5, 0.6) is 23.0 Å². The first-order valence-electron chi connectivity index (χ1n) is 18.7. The van der Waals surface area contributed by atoms with Gasteiger partial charge < -0.3 is 28.4 Å². The third-order valence-corrected chi connectivity index (χ3v) is 10.6. The van der Waals surface area contributed by atoms with Crippen LogP contribution in [0.1, 0.15) is 62.8 Å². The molecule has 11 rings (SSSR count). The first-order valence-corrected chi connectivity index (χ1v) is 18.7. The highest BCUT2D eigenvalue weighted by Gasteiger charge is 2.46. The number of benzene rings is 4. The number of aliphatic imine (C=N–C) groups is 2. The van der Waals surface area contributed by atoms with Crippen molar-refractivity contribution < 1.29 is 28.4 Å². The number of rotatable bonds is 2. The zero-order chi connectivity index (χ0) is 36.0. The predicted octanol–water partition coefficient (Wildman–Crippen LogP) is 8.43. The van der Waals surface area contributed by atoms with Crippen molar-refractivity contribution in [2.75, 3.05) is 39.6 Å². The van der Waals surface area contributed by atoms with Gasteiger partial charge in [-0.1, -0.05) is 76.2 Å². The lowest BCUT2D eigenvalue weighted by molar-refractivity contribution is 0.217. The molecule has 8 nitrogen and oxygen atoms in total. The first kappa shape index (κ1) is 35.4. The molecule has 0 saturated heterocycles. The Hall–Kier alpha value is -4.98. The number of fused-ring (bicyclic) bond motifs is 4. The van der Waals surface area contributed by atoms with E-state index in [2.05, 4.69) is 76.2 Å². The quantitative estimate of drug-likeness (QED) is 0.209.